The largest absolute Gasteiger partial charge is 0.472 e. The molecule has 1 N–H and O–H groups in total. The Bertz CT molecular complexity index is 334. The summed E-state index contributed by atoms with van der Waals surface area (Å²) in [6.07, 6.45) is 6.76. The molecule has 4 nitrogen and oxygen atoms in total. The molecule has 0 bridgehead atoms. The number of likely N-dealkylation sites (tertiary alicyclic amines) is 1. The Morgan fingerprint density at radius 1 is 1.62 bits per heavy atom. The third kappa shape index (κ3) is 2.27. The van der Waals surface area contributed by atoms with E-state index in [1.807, 2.05) is 4.90 Å². The molecule has 0 radical (unpaired) electrons. The second kappa shape index (κ2) is 5.16. The van der Waals surface area contributed by atoms with Crippen LogP contribution in [0.3, 0.4) is 0 Å². The molecule has 0 aromatic carbocycles. The van der Waals surface area contributed by atoms with Crippen molar-refractivity contribution in [3.05, 3.63) is 24.2 Å². The van der Waals surface area contributed by atoms with Gasteiger partial charge in [0.05, 0.1) is 11.8 Å². The lowest BCUT2D eigenvalue weighted by Gasteiger charge is -2.23. The number of amides is 1. The summed E-state index contributed by atoms with van der Waals surface area (Å²) in [6.45, 7) is 1.02. The molecule has 1 saturated heterocycles. The Labute approximate surface area is 94.9 Å². The highest BCUT2D eigenvalue weighted by Gasteiger charge is 2.29. The molecule has 1 aromatic rings. The summed E-state index contributed by atoms with van der Waals surface area (Å²) in [5.41, 5.74) is 0.621. The van der Waals surface area contributed by atoms with Gasteiger partial charge >= 0.3 is 0 Å². The van der Waals surface area contributed by atoms with Crippen molar-refractivity contribution in [3.63, 3.8) is 0 Å². The number of aliphatic hydroxyl groups is 1. The zero-order valence-corrected chi connectivity index (χ0v) is 9.26. The number of aliphatic hydroxyl groups excluding tert-OH is 1. The van der Waals surface area contributed by atoms with Crippen molar-refractivity contribution < 1.29 is 14.3 Å². The van der Waals surface area contributed by atoms with Gasteiger partial charge in [0.15, 0.2) is 0 Å². The monoisotopic (exact) mass is 223 g/mol. The van der Waals surface area contributed by atoms with E-state index in [0.717, 1.165) is 32.2 Å². The van der Waals surface area contributed by atoms with Crippen molar-refractivity contribution >= 4 is 5.91 Å². The van der Waals surface area contributed by atoms with Crippen LogP contribution in [0.5, 0.6) is 0 Å². The zero-order valence-electron chi connectivity index (χ0n) is 9.26. The minimum atomic E-state index is 0.0502. The maximum atomic E-state index is 12.1. The van der Waals surface area contributed by atoms with Crippen molar-refractivity contribution in [3.8, 4) is 0 Å². The highest BCUT2D eigenvalue weighted by atomic mass is 16.3. The molecule has 1 aromatic heterocycles. The lowest BCUT2D eigenvalue weighted by Crippen LogP contribution is -2.35. The van der Waals surface area contributed by atoms with Crippen LogP contribution in [0.15, 0.2) is 23.0 Å². The minimum absolute atomic E-state index is 0.0502. The fourth-order valence-electron chi connectivity index (χ4n) is 2.28. The van der Waals surface area contributed by atoms with Gasteiger partial charge in [-0.25, -0.2) is 0 Å². The molecule has 4 heteroatoms. The molecule has 1 fully saturated rings. The number of nitrogens with zero attached hydrogens (tertiary/aromatic N) is 1. The normalized spacial score (nSPS) is 20.3. The lowest BCUT2D eigenvalue weighted by atomic mass is 10.1. The molecule has 1 unspecified atom stereocenters. The molecule has 0 saturated carbocycles. The Morgan fingerprint density at radius 3 is 3.19 bits per heavy atom. The molecule has 16 heavy (non-hydrogen) atoms. The molecular formula is C12H17NO3. The number of hydrogen-bond donors (Lipinski definition) is 1. The third-order valence-electron chi connectivity index (χ3n) is 3.10. The van der Waals surface area contributed by atoms with Crippen molar-refractivity contribution in [1.82, 2.24) is 4.90 Å². The predicted octanol–water partition coefficient (Wildman–Crippen LogP) is 1.66. The maximum absolute atomic E-state index is 12.1. The first-order valence-electron chi connectivity index (χ1n) is 5.77. The number of furan rings is 1. The molecular weight excluding hydrogens is 206 g/mol. The van der Waals surface area contributed by atoms with E-state index < -0.39 is 0 Å². The van der Waals surface area contributed by atoms with Gasteiger partial charge in [0.1, 0.15) is 6.26 Å². The molecule has 1 aliphatic heterocycles. The number of carbonyl (C=O) groups is 1. The van der Waals surface area contributed by atoms with Crippen LogP contribution in [0.25, 0.3) is 0 Å². The van der Waals surface area contributed by atoms with Crippen LogP contribution in [0, 0.1) is 0 Å². The fraction of sp³-hybridized carbons (Fsp3) is 0.583. The molecule has 88 valence electrons. The molecule has 1 atom stereocenters. The maximum Gasteiger partial charge on any atom is 0.257 e. The van der Waals surface area contributed by atoms with Crippen LogP contribution in [0.1, 0.15) is 36.0 Å². The number of hydrogen-bond acceptors (Lipinski definition) is 3. The third-order valence-corrected chi connectivity index (χ3v) is 3.10. The van der Waals surface area contributed by atoms with E-state index in [-0.39, 0.29) is 18.6 Å². The van der Waals surface area contributed by atoms with Crippen LogP contribution < -0.4 is 0 Å². The second-order valence-electron chi connectivity index (χ2n) is 4.17. The lowest BCUT2D eigenvalue weighted by molar-refractivity contribution is 0.0723. The SMILES string of the molecule is O=C(c1ccoc1)N1CCCC1CCCO. The van der Waals surface area contributed by atoms with Gasteiger partial charge in [0.2, 0.25) is 0 Å². The van der Waals surface area contributed by atoms with Crippen molar-refractivity contribution in [2.45, 2.75) is 31.7 Å². The summed E-state index contributed by atoms with van der Waals surface area (Å²) in [5.74, 6) is 0.0502. The van der Waals surface area contributed by atoms with Crippen LogP contribution >= 0.6 is 0 Å². The highest BCUT2D eigenvalue weighted by Crippen LogP contribution is 2.23. The zero-order chi connectivity index (χ0) is 11.4. The first-order chi connectivity index (χ1) is 7.83. The first-order valence-corrected chi connectivity index (χ1v) is 5.77. The van der Waals surface area contributed by atoms with Crippen molar-refractivity contribution in [2.24, 2.45) is 0 Å². The standard InChI is InChI=1S/C12H17NO3/c14-7-2-4-11-3-1-6-13(11)12(15)10-5-8-16-9-10/h5,8-9,11,14H,1-4,6-7H2. The number of carbonyl (C=O) groups excluding carboxylic acids is 1. The summed E-state index contributed by atoms with van der Waals surface area (Å²) in [7, 11) is 0. The molecule has 1 amide bonds. The van der Waals surface area contributed by atoms with Gasteiger partial charge < -0.3 is 14.4 Å². The van der Waals surface area contributed by atoms with Gasteiger partial charge in [0.25, 0.3) is 5.91 Å². The van der Waals surface area contributed by atoms with Gasteiger partial charge in [-0.1, -0.05) is 0 Å². The Hall–Kier alpha value is -1.29. The Balaban J connectivity index is 1.99. The van der Waals surface area contributed by atoms with E-state index in [9.17, 15) is 4.79 Å². The van der Waals surface area contributed by atoms with E-state index in [1.165, 1.54) is 12.5 Å². The topological polar surface area (TPSA) is 53.7 Å². The van der Waals surface area contributed by atoms with Crippen molar-refractivity contribution in [2.75, 3.05) is 13.2 Å². The van der Waals surface area contributed by atoms with Gasteiger partial charge in [-0.2, -0.15) is 0 Å². The first kappa shape index (κ1) is 11.2. The number of rotatable bonds is 4. The molecule has 2 rings (SSSR count). The van der Waals surface area contributed by atoms with Crippen LogP contribution in [-0.2, 0) is 0 Å². The van der Waals surface area contributed by atoms with Crippen molar-refractivity contribution in [1.29, 1.82) is 0 Å². The van der Waals surface area contributed by atoms with Crippen LogP contribution in [0.2, 0.25) is 0 Å². The van der Waals surface area contributed by atoms with E-state index in [0.29, 0.717) is 5.56 Å². The van der Waals surface area contributed by atoms with E-state index >= 15 is 0 Å². The summed E-state index contributed by atoms with van der Waals surface area (Å²) >= 11 is 0. The predicted molar refractivity (Wildman–Crippen MR) is 59.1 cm³/mol. The summed E-state index contributed by atoms with van der Waals surface area (Å²) in [4.78, 5) is 14.0. The second-order valence-corrected chi connectivity index (χ2v) is 4.17. The quantitative estimate of drug-likeness (QED) is 0.844. The molecule has 0 aliphatic carbocycles. The summed E-state index contributed by atoms with van der Waals surface area (Å²) in [5, 5.41) is 8.82. The minimum Gasteiger partial charge on any atom is -0.472 e. The van der Waals surface area contributed by atoms with Gasteiger partial charge in [-0.3, -0.25) is 4.79 Å². The van der Waals surface area contributed by atoms with E-state index in [1.54, 1.807) is 6.07 Å². The van der Waals surface area contributed by atoms with Gasteiger partial charge in [-0.05, 0) is 31.7 Å². The van der Waals surface area contributed by atoms with E-state index in [4.69, 9.17) is 9.52 Å². The Kier molecular flexibility index (Phi) is 3.62. The average molecular weight is 223 g/mol. The van der Waals surface area contributed by atoms with Crippen LogP contribution in [-0.4, -0.2) is 35.1 Å². The molecule has 1 aliphatic rings. The van der Waals surface area contributed by atoms with Gasteiger partial charge in [-0.15, -0.1) is 0 Å². The molecule has 0 spiro atoms. The Morgan fingerprint density at radius 2 is 2.50 bits per heavy atom. The average Bonchev–Trinajstić information content (AvgIpc) is 2.96. The summed E-state index contributed by atoms with van der Waals surface area (Å²) in [6, 6.07) is 1.98. The fourth-order valence-corrected chi connectivity index (χ4v) is 2.28. The van der Waals surface area contributed by atoms with E-state index in [2.05, 4.69) is 0 Å². The highest BCUT2D eigenvalue weighted by molar-refractivity contribution is 5.94. The molecule has 2 heterocycles. The van der Waals surface area contributed by atoms with Crippen LogP contribution in [0.4, 0.5) is 0 Å². The van der Waals surface area contributed by atoms with Gasteiger partial charge in [0, 0.05) is 19.2 Å². The smallest absolute Gasteiger partial charge is 0.257 e. The summed E-state index contributed by atoms with van der Waals surface area (Å²) < 4.78 is 4.92.